The predicted molar refractivity (Wildman–Crippen MR) is 77.1 cm³/mol. The van der Waals surface area contributed by atoms with E-state index in [1.54, 1.807) is 11.8 Å². The molecule has 0 bridgehead atoms. The molecule has 0 saturated carbocycles. The van der Waals surface area contributed by atoms with E-state index in [0.717, 1.165) is 11.2 Å². The number of hydrogen-bond donors (Lipinski definition) is 0. The number of aromatic nitrogens is 2. The van der Waals surface area contributed by atoms with Gasteiger partial charge in [-0.1, -0.05) is 30.3 Å². The van der Waals surface area contributed by atoms with Gasteiger partial charge in [-0.3, -0.25) is 0 Å². The van der Waals surface area contributed by atoms with Crippen LogP contribution in [0.3, 0.4) is 0 Å². The molecule has 0 amide bonds. The van der Waals surface area contributed by atoms with Crippen LogP contribution in [0, 0.1) is 6.92 Å². The third kappa shape index (κ3) is 1.91. The molecule has 3 rings (SSSR count). The number of pyridine rings is 1. The van der Waals surface area contributed by atoms with Crippen LogP contribution in [0.5, 0.6) is 0 Å². The van der Waals surface area contributed by atoms with Gasteiger partial charge in [0.25, 0.3) is 0 Å². The molecule has 2 nitrogen and oxygen atoms in total. The number of rotatable bonds is 2. The maximum atomic E-state index is 4.51. The Balaban J connectivity index is 2.25. The Morgan fingerprint density at radius 2 is 1.78 bits per heavy atom. The molecule has 18 heavy (non-hydrogen) atoms. The average molecular weight is 254 g/mol. The van der Waals surface area contributed by atoms with Gasteiger partial charge in [0.05, 0.1) is 16.2 Å². The van der Waals surface area contributed by atoms with E-state index in [4.69, 9.17) is 0 Å². The topological polar surface area (TPSA) is 17.3 Å². The zero-order valence-electron chi connectivity index (χ0n) is 10.4. The van der Waals surface area contributed by atoms with Gasteiger partial charge in [0, 0.05) is 0 Å². The van der Waals surface area contributed by atoms with Crippen molar-refractivity contribution < 1.29 is 0 Å². The highest BCUT2D eigenvalue weighted by atomic mass is 32.2. The van der Waals surface area contributed by atoms with Gasteiger partial charge in [0.15, 0.2) is 0 Å². The molecule has 0 fully saturated rings. The number of benzene rings is 1. The summed E-state index contributed by atoms with van der Waals surface area (Å²) in [5, 5.41) is 5.68. The van der Waals surface area contributed by atoms with E-state index >= 15 is 0 Å². The highest BCUT2D eigenvalue weighted by Crippen LogP contribution is 2.27. The zero-order chi connectivity index (χ0) is 12.5. The smallest absolute Gasteiger partial charge is 0.0986 e. The summed E-state index contributed by atoms with van der Waals surface area (Å²) in [7, 11) is 0. The van der Waals surface area contributed by atoms with Gasteiger partial charge in [-0.2, -0.15) is 5.10 Å². The zero-order valence-corrected chi connectivity index (χ0v) is 11.2. The predicted octanol–water partition coefficient (Wildman–Crippen LogP) is 4.03. The van der Waals surface area contributed by atoms with Gasteiger partial charge in [-0.15, -0.1) is 11.8 Å². The Labute approximate surface area is 111 Å². The van der Waals surface area contributed by atoms with Crippen molar-refractivity contribution in [2.45, 2.75) is 11.9 Å². The molecule has 0 N–H and O–H groups in total. The summed E-state index contributed by atoms with van der Waals surface area (Å²) in [6.07, 6.45) is 2.08. The summed E-state index contributed by atoms with van der Waals surface area (Å²) in [5.41, 5.74) is 4.69. The van der Waals surface area contributed by atoms with Crippen molar-refractivity contribution in [2.75, 3.05) is 6.26 Å². The largest absolute Gasteiger partial charge is 0.227 e. The minimum atomic E-state index is 1.05. The van der Waals surface area contributed by atoms with E-state index in [1.165, 1.54) is 16.2 Å². The van der Waals surface area contributed by atoms with Gasteiger partial charge in [0.2, 0.25) is 0 Å². The molecule has 0 aliphatic carbocycles. The number of aryl methyl sites for hydroxylation is 1. The second-order valence-electron chi connectivity index (χ2n) is 4.27. The Kier molecular flexibility index (Phi) is 2.84. The fraction of sp³-hybridized carbons (Fsp3) is 0.133. The van der Waals surface area contributed by atoms with Crippen molar-refractivity contribution in [3.8, 4) is 11.1 Å². The lowest BCUT2D eigenvalue weighted by Crippen LogP contribution is -1.93. The lowest BCUT2D eigenvalue weighted by atomic mass is 10.1. The lowest BCUT2D eigenvalue weighted by molar-refractivity contribution is 0.847. The first-order chi connectivity index (χ1) is 8.78. The van der Waals surface area contributed by atoms with Crippen LogP contribution in [0.2, 0.25) is 0 Å². The number of fused-ring (bicyclic) bond motifs is 1. The second kappa shape index (κ2) is 4.50. The Hall–Kier alpha value is -1.74. The maximum Gasteiger partial charge on any atom is 0.0986 e. The third-order valence-corrected chi connectivity index (χ3v) is 3.68. The van der Waals surface area contributed by atoms with Crippen molar-refractivity contribution >= 4 is 17.3 Å². The fourth-order valence-corrected chi connectivity index (χ4v) is 2.70. The summed E-state index contributed by atoms with van der Waals surface area (Å²) in [6.45, 7) is 2.03. The quantitative estimate of drug-likeness (QED) is 0.642. The Morgan fingerprint density at radius 3 is 2.50 bits per heavy atom. The first-order valence-corrected chi connectivity index (χ1v) is 7.10. The van der Waals surface area contributed by atoms with Crippen LogP contribution >= 0.6 is 11.8 Å². The summed E-state index contributed by atoms with van der Waals surface area (Å²) >= 11 is 1.72. The third-order valence-electron chi connectivity index (χ3n) is 2.97. The first kappa shape index (κ1) is 11.4. The molecule has 1 aromatic carbocycles. The van der Waals surface area contributed by atoms with Crippen LogP contribution in [0.1, 0.15) is 5.69 Å². The molecule has 0 aliphatic heterocycles. The molecular formula is C15H14N2S. The summed E-state index contributed by atoms with van der Waals surface area (Å²) in [4.78, 5) is 0. The van der Waals surface area contributed by atoms with Crippen molar-refractivity contribution in [3.63, 3.8) is 0 Å². The summed E-state index contributed by atoms with van der Waals surface area (Å²) < 4.78 is 2.01. The van der Waals surface area contributed by atoms with Crippen LogP contribution < -0.4 is 0 Å². The van der Waals surface area contributed by atoms with Crippen molar-refractivity contribution in [2.24, 2.45) is 0 Å². The molecule has 0 atom stereocenters. The standard InChI is InChI=1S/C15H14N2S/c1-11-8-14-9-13(12-6-4-3-5-7-12)10-15(18-2)17(14)16-11/h3-10H,1-2H3. The van der Waals surface area contributed by atoms with Crippen LogP contribution in [-0.2, 0) is 0 Å². The highest BCUT2D eigenvalue weighted by Gasteiger charge is 2.06. The van der Waals surface area contributed by atoms with Crippen LogP contribution in [0.4, 0.5) is 0 Å². The van der Waals surface area contributed by atoms with E-state index in [2.05, 4.69) is 53.8 Å². The molecule has 0 spiro atoms. The first-order valence-electron chi connectivity index (χ1n) is 5.88. The molecule has 2 aromatic heterocycles. The van der Waals surface area contributed by atoms with E-state index in [0.29, 0.717) is 0 Å². The van der Waals surface area contributed by atoms with Crippen LogP contribution in [0.25, 0.3) is 16.6 Å². The molecule has 0 aliphatic rings. The second-order valence-corrected chi connectivity index (χ2v) is 5.10. The minimum Gasteiger partial charge on any atom is -0.227 e. The molecule has 2 heterocycles. The van der Waals surface area contributed by atoms with E-state index in [-0.39, 0.29) is 0 Å². The van der Waals surface area contributed by atoms with Gasteiger partial charge < -0.3 is 0 Å². The Morgan fingerprint density at radius 1 is 1.00 bits per heavy atom. The number of thioether (sulfide) groups is 1. The molecule has 0 radical (unpaired) electrons. The monoisotopic (exact) mass is 254 g/mol. The summed E-state index contributed by atoms with van der Waals surface area (Å²) in [6, 6.07) is 17.0. The molecule has 3 heteroatoms. The van der Waals surface area contributed by atoms with Gasteiger partial charge in [-0.25, -0.2) is 4.52 Å². The minimum absolute atomic E-state index is 1.05. The molecule has 90 valence electrons. The number of nitrogens with zero attached hydrogens (tertiary/aromatic N) is 2. The van der Waals surface area contributed by atoms with Crippen molar-refractivity contribution in [1.82, 2.24) is 9.61 Å². The summed E-state index contributed by atoms with van der Waals surface area (Å²) in [5.74, 6) is 0. The molecule has 3 aromatic rings. The van der Waals surface area contributed by atoms with E-state index in [1.807, 2.05) is 17.5 Å². The molecule has 0 unspecified atom stereocenters. The number of hydrogen-bond acceptors (Lipinski definition) is 2. The van der Waals surface area contributed by atoms with Gasteiger partial charge in [0.1, 0.15) is 0 Å². The molecule has 0 saturated heterocycles. The van der Waals surface area contributed by atoms with E-state index in [9.17, 15) is 0 Å². The van der Waals surface area contributed by atoms with Crippen LogP contribution in [-0.4, -0.2) is 15.9 Å². The SMILES string of the molecule is CSc1cc(-c2ccccc2)cc2cc(C)nn12. The highest BCUT2D eigenvalue weighted by molar-refractivity contribution is 7.98. The average Bonchev–Trinajstić information content (AvgIpc) is 2.78. The Bertz CT molecular complexity index is 686. The normalized spacial score (nSPS) is 11.0. The van der Waals surface area contributed by atoms with E-state index < -0.39 is 0 Å². The maximum absolute atomic E-state index is 4.51. The lowest BCUT2D eigenvalue weighted by Gasteiger charge is -2.06. The molecular weight excluding hydrogens is 240 g/mol. The fourth-order valence-electron chi connectivity index (χ4n) is 2.14. The van der Waals surface area contributed by atoms with Crippen molar-refractivity contribution in [3.05, 3.63) is 54.2 Å². The van der Waals surface area contributed by atoms with Gasteiger partial charge >= 0.3 is 0 Å². The van der Waals surface area contributed by atoms with Gasteiger partial charge in [-0.05, 0) is 42.5 Å². The van der Waals surface area contributed by atoms with Crippen LogP contribution in [0.15, 0.2) is 53.6 Å². The van der Waals surface area contributed by atoms with Crippen molar-refractivity contribution in [1.29, 1.82) is 0 Å².